The van der Waals surface area contributed by atoms with Gasteiger partial charge in [-0.05, 0) is 115 Å². The van der Waals surface area contributed by atoms with Crippen LogP contribution in [0.1, 0.15) is 97.1 Å². The third-order valence-corrected chi connectivity index (χ3v) is 12.1. The zero-order valence-corrected chi connectivity index (χ0v) is 32.0. The molecule has 10 heteroatoms. The van der Waals surface area contributed by atoms with Gasteiger partial charge in [-0.1, -0.05) is 55.0 Å². The Morgan fingerprint density at radius 3 is 2.41 bits per heavy atom. The van der Waals surface area contributed by atoms with Crippen molar-refractivity contribution >= 4 is 28.6 Å². The maximum Gasteiger partial charge on any atom is 0.260 e. The summed E-state index contributed by atoms with van der Waals surface area (Å²) in [4.78, 5) is 39.0. The van der Waals surface area contributed by atoms with Gasteiger partial charge in [0.1, 0.15) is 17.2 Å². The summed E-state index contributed by atoms with van der Waals surface area (Å²) in [7, 11) is 1.81. The van der Waals surface area contributed by atoms with Gasteiger partial charge in [0, 0.05) is 43.9 Å². The van der Waals surface area contributed by atoms with Gasteiger partial charge in [0.15, 0.2) is 6.61 Å². The molecule has 1 aliphatic carbocycles. The number of carbonyl (C=O) groups is 3. The maximum atomic E-state index is 13.1. The standard InChI is InChI=1S/C46H50N4O6/c1-49-41-28-36(16-19-39(41)45(48-49)40-20-21-42(52)47-46(40)54)56-29-43(53)50-24-22-30(23-25-50)7-5-6-26-55-35-14-10-32(11-15-35)44-37(31-8-3-2-4-9-31)17-12-33-27-34(51)13-18-38(33)44/h2-4,8-11,13-16,18-19,27-28,30,37,40,44,51H,5-7,12,17,20-26,29H2,1H3,(H,47,52,54)/t37-,40?,44+/m1/s1. The minimum atomic E-state index is -0.469. The molecule has 2 fully saturated rings. The second-order valence-corrected chi connectivity index (χ2v) is 15.6. The number of piperidine rings is 2. The lowest BCUT2D eigenvalue weighted by Crippen LogP contribution is -2.41. The minimum absolute atomic E-state index is 0.0141. The highest BCUT2D eigenvalue weighted by Gasteiger charge is 2.33. The van der Waals surface area contributed by atoms with Crippen molar-refractivity contribution in [2.45, 2.75) is 75.5 Å². The zero-order valence-electron chi connectivity index (χ0n) is 32.0. The second-order valence-electron chi connectivity index (χ2n) is 15.6. The van der Waals surface area contributed by atoms with Crippen LogP contribution in [0.4, 0.5) is 0 Å². The number of rotatable bonds is 12. The quantitative estimate of drug-likeness (QED) is 0.0998. The predicted molar refractivity (Wildman–Crippen MR) is 214 cm³/mol. The maximum absolute atomic E-state index is 13.1. The van der Waals surface area contributed by atoms with Crippen molar-refractivity contribution < 1.29 is 29.0 Å². The molecule has 56 heavy (non-hydrogen) atoms. The Morgan fingerprint density at radius 2 is 1.62 bits per heavy atom. The number of imide groups is 1. The van der Waals surface area contributed by atoms with Crippen molar-refractivity contribution in [2.24, 2.45) is 13.0 Å². The molecule has 3 atom stereocenters. The van der Waals surface area contributed by atoms with Gasteiger partial charge in [-0.25, -0.2) is 0 Å². The number of fused-ring (bicyclic) bond motifs is 2. The SMILES string of the molecule is Cn1nc(C2CCC(=O)NC2=O)c2ccc(OCC(=O)N3CCC(CCCCOc4ccc([C@@H]5c6ccc(O)cc6CC[C@@H]5c5ccccc5)cc4)CC3)cc21. The lowest BCUT2D eigenvalue weighted by molar-refractivity contribution is -0.135. The van der Waals surface area contributed by atoms with Gasteiger partial charge in [0.25, 0.3) is 5.91 Å². The summed E-state index contributed by atoms with van der Waals surface area (Å²) < 4.78 is 13.8. The largest absolute Gasteiger partial charge is 0.508 e. The molecule has 10 nitrogen and oxygen atoms in total. The van der Waals surface area contributed by atoms with Gasteiger partial charge >= 0.3 is 0 Å². The van der Waals surface area contributed by atoms with Gasteiger partial charge in [0.05, 0.1) is 23.7 Å². The Balaban J connectivity index is 0.765. The van der Waals surface area contributed by atoms with E-state index in [9.17, 15) is 19.5 Å². The number of hydrogen-bond donors (Lipinski definition) is 2. The number of nitrogens with one attached hydrogen (secondary N) is 1. The Hall–Kier alpha value is -5.64. The fraction of sp³-hybridized carbons (Fsp3) is 0.391. The molecule has 0 bridgehead atoms. The zero-order chi connectivity index (χ0) is 38.6. The fourth-order valence-corrected chi connectivity index (χ4v) is 9.05. The van der Waals surface area contributed by atoms with E-state index >= 15 is 0 Å². The first-order valence-electron chi connectivity index (χ1n) is 20.1. The van der Waals surface area contributed by atoms with Crippen LogP contribution in [0.15, 0.2) is 91.0 Å². The molecule has 0 spiro atoms. The van der Waals surface area contributed by atoms with Crippen LogP contribution in [0, 0.1) is 5.92 Å². The van der Waals surface area contributed by atoms with Crippen molar-refractivity contribution in [3.63, 3.8) is 0 Å². The normalized spacial score (nSPS) is 20.1. The first kappa shape index (κ1) is 37.3. The van der Waals surface area contributed by atoms with E-state index in [1.807, 2.05) is 42.3 Å². The Kier molecular flexibility index (Phi) is 11.1. The summed E-state index contributed by atoms with van der Waals surface area (Å²) in [5.74, 6) is 1.93. The molecule has 2 saturated heterocycles. The summed E-state index contributed by atoms with van der Waals surface area (Å²) in [5.41, 5.74) is 6.60. The number of benzene rings is 4. The molecule has 0 radical (unpaired) electrons. The van der Waals surface area contributed by atoms with E-state index in [1.54, 1.807) is 4.68 Å². The molecule has 290 valence electrons. The summed E-state index contributed by atoms with van der Waals surface area (Å²) in [6.45, 7) is 2.13. The fourth-order valence-electron chi connectivity index (χ4n) is 9.05. The molecule has 2 N–H and O–H groups in total. The van der Waals surface area contributed by atoms with Gasteiger partial charge in [-0.3, -0.25) is 24.4 Å². The first-order valence-corrected chi connectivity index (χ1v) is 20.1. The van der Waals surface area contributed by atoms with Crippen molar-refractivity contribution in [3.8, 4) is 17.2 Å². The van der Waals surface area contributed by atoms with Crippen LogP contribution in [-0.4, -0.2) is 63.8 Å². The number of aromatic hydroxyl groups is 1. The lowest BCUT2D eigenvalue weighted by Gasteiger charge is -2.34. The van der Waals surface area contributed by atoms with E-state index in [2.05, 4.69) is 71.1 Å². The van der Waals surface area contributed by atoms with Gasteiger partial charge in [-0.15, -0.1) is 0 Å². The van der Waals surface area contributed by atoms with E-state index < -0.39 is 5.92 Å². The summed E-state index contributed by atoms with van der Waals surface area (Å²) in [6.07, 6.45) is 7.91. The van der Waals surface area contributed by atoms with Gasteiger partial charge in [-0.2, -0.15) is 5.10 Å². The summed E-state index contributed by atoms with van der Waals surface area (Å²) >= 11 is 0. The van der Waals surface area contributed by atoms with Crippen LogP contribution < -0.4 is 14.8 Å². The lowest BCUT2D eigenvalue weighted by atomic mass is 9.69. The topological polar surface area (TPSA) is 123 Å². The number of likely N-dealkylation sites (tertiary alicyclic amines) is 1. The third kappa shape index (κ3) is 8.15. The third-order valence-electron chi connectivity index (χ3n) is 12.1. The molecule has 2 aliphatic heterocycles. The summed E-state index contributed by atoms with van der Waals surface area (Å²) in [6, 6.07) is 30.8. The molecular formula is C46H50N4O6. The molecule has 5 aromatic rings. The van der Waals surface area contributed by atoms with Crippen molar-refractivity contribution in [2.75, 3.05) is 26.3 Å². The molecule has 8 rings (SSSR count). The highest BCUT2D eigenvalue weighted by atomic mass is 16.5. The molecule has 1 aromatic heterocycles. The molecule has 3 aliphatic rings. The Morgan fingerprint density at radius 1 is 0.839 bits per heavy atom. The number of nitrogens with zero attached hydrogens (tertiary/aromatic N) is 3. The molecule has 4 aromatic carbocycles. The van der Waals surface area contributed by atoms with Crippen molar-refractivity contribution in [1.29, 1.82) is 0 Å². The Bertz CT molecular complexity index is 2190. The average Bonchev–Trinajstić information content (AvgIpc) is 3.54. The van der Waals surface area contributed by atoms with Crippen LogP contribution in [0.3, 0.4) is 0 Å². The van der Waals surface area contributed by atoms with Crippen LogP contribution in [0.25, 0.3) is 10.9 Å². The number of aryl methyl sites for hydroxylation is 2. The molecular weight excluding hydrogens is 705 g/mol. The summed E-state index contributed by atoms with van der Waals surface area (Å²) in [5, 5.41) is 18.0. The molecule has 3 heterocycles. The molecule has 3 amide bonds. The number of unbranched alkanes of at least 4 members (excludes halogenated alkanes) is 1. The predicted octanol–water partition coefficient (Wildman–Crippen LogP) is 7.53. The number of amides is 3. The average molecular weight is 755 g/mol. The van der Waals surface area contributed by atoms with E-state index in [1.165, 1.54) is 22.3 Å². The number of carbonyl (C=O) groups excluding carboxylic acids is 3. The number of phenols is 1. The van der Waals surface area contributed by atoms with Crippen LogP contribution in [0.2, 0.25) is 0 Å². The van der Waals surface area contributed by atoms with Crippen LogP contribution in [0.5, 0.6) is 17.2 Å². The van der Waals surface area contributed by atoms with E-state index in [4.69, 9.17) is 9.47 Å². The number of hydrogen-bond acceptors (Lipinski definition) is 7. The van der Waals surface area contributed by atoms with Crippen molar-refractivity contribution in [3.05, 3.63) is 119 Å². The smallest absolute Gasteiger partial charge is 0.260 e. The van der Waals surface area contributed by atoms with Crippen LogP contribution in [-0.2, 0) is 27.9 Å². The highest BCUT2D eigenvalue weighted by molar-refractivity contribution is 6.02. The first-order chi connectivity index (χ1) is 27.3. The number of phenolic OH excluding ortho intramolecular Hbond substituents is 1. The number of aromatic nitrogens is 2. The van der Waals surface area contributed by atoms with Gasteiger partial charge in [0.2, 0.25) is 11.8 Å². The number of ether oxygens (including phenoxy) is 2. The van der Waals surface area contributed by atoms with E-state index in [-0.39, 0.29) is 30.2 Å². The van der Waals surface area contributed by atoms with Gasteiger partial charge < -0.3 is 19.5 Å². The van der Waals surface area contributed by atoms with E-state index in [0.29, 0.717) is 48.5 Å². The highest BCUT2D eigenvalue weighted by Crippen LogP contribution is 2.47. The molecule has 0 saturated carbocycles. The second kappa shape index (κ2) is 16.6. The van der Waals surface area contributed by atoms with Crippen LogP contribution >= 0.6 is 0 Å². The van der Waals surface area contributed by atoms with Crippen molar-refractivity contribution in [1.82, 2.24) is 20.0 Å². The molecule has 1 unspecified atom stereocenters. The monoisotopic (exact) mass is 754 g/mol. The van der Waals surface area contributed by atoms with E-state index in [0.717, 1.165) is 74.7 Å². The minimum Gasteiger partial charge on any atom is -0.508 e. The Labute approximate surface area is 327 Å².